The van der Waals surface area contributed by atoms with E-state index in [1.165, 1.54) is 25.5 Å². The molecule has 0 fully saturated rings. The summed E-state index contributed by atoms with van der Waals surface area (Å²) >= 11 is 0. The van der Waals surface area contributed by atoms with E-state index in [0.29, 0.717) is 11.3 Å². The molecule has 10 nitrogen and oxygen atoms in total. The van der Waals surface area contributed by atoms with Gasteiger partial charge in [0.15, 0.2) is 5.75 Å². The fraction of sp³-hybridized carbons (Fsp3) is 0.150. The summed E-state index contributed by atoms with van der Waals surface area (Å²) in [6, 6.07) is 13.5. The van der Waals surface area contributed by atoms with E-state index in [9.17, 15) is 14.9 Å². The number of hydrazone groups is 1. The van der Waals surface area contributed by atoms with E-state index in [0.717, 1.165) is 5.56 Å². The van der Waals surface area contributed by atoms with E-state index in [1.807, 2.05) is 30.3 Å². The molecule has 0 saturated carbocycles. The number of nitrogens with zero attached hydrogens (tertiary/aromatic N) is 3. The van der Waals surface area contributed by atoms with Crippen molar-refractivity contribution in [2.24, 2.45) is 5.10 Å². The van der Waals surface area contributed by atoms with E-state index in [-0.39, 0.29) is 35.3 Å². The van der Waals surface area contributed by atoms with Crippen LogP contribution in [0.3, 0.4) is 0 Å². The minimum Gasteiger partial charge on any atom is -0.493 e. The lowest BCUT2D eigenvalue weighted by Gasteiger charge is -2.12. The van der Waals surface area contributed by atoms with E-state index in [1.54, 1.807) is 13.0 Å². The second-order valence-electron chi connectivity index (χ2n) is 6.21. The van der Waals surface area contributed by atoms with E-state index >= 15 is 0 Å². The highest BCUT2D eigenvalue weighted by atomic mass is 16.6. The van der Waals surface area contributed by atoms with Gasteiger partial charge in [-0.25, -0.2) is 10.4 Å². The van der Waals surface area contributed by atoms with Crippen molar-refractivity contribution < 1.29 is 14.4 Å². The number of benzene rings is 2. The Kier molecular flexibility index (Phi) is 6.38. The van der Waals surface area contributed by atoms with E-state index in [4.69, 9.17) is 9.47 Å². The van der Waals surface area contributed by atoms with Gasteiger partial charge in [-0.15, -0.1) is 0 Å². The summed E-state index contributed by atoms with van der Waals surface area (Å²) < 4.78 is 11.0. The molecule has 0 aliphatic rings. The van der Waals surface area contributed by atoms with Gasteiger partial charge in [0.05, 0.1) is 18.2 Å². The average Bonchev–Trinajstić information content (AvgIpc) is 2.72. The van der Waals surface area contributed by atoms with Crippen molar-refractivity contribution >= 4 is 17.9 Å². The number of nitro benzene ring substituents is 1. The van der Waals surface area contributed by atoms with Gasteiger partial charge in [0.2, 0.25) is 11.7 Å². The highest BCUT2D eigenvalue weighted by Crippen LogP contribution is 2.38. The molecule has 30 heavy (non-hydrogen) atoms. The fourth-order valence-corrected chi connectivity index (χ4v) is 2.64. The number of ether oxygens (including phenoxy) is 2. The van der Waals surface area contributed by atoms with Crippen LogP contribution in [0.2, 0.25) is 0 Å². The largest absolute Gasteiger partial charge is 0.493 e. The second-order valence-corrected chi connectivity index (χ2v) is 6.21. The topological polar surface area (TPSA) is 132 Å². The summed E-state index contributed by atoms with van der Waals surface area (Å²) in [6.45, 7) is 1.83. The molecule has 1 aromatic heterocycles. The van der Waals surface area contributed by atoms with Crippen molar-refractivity contribution in [1.29, 1.82) is 0 Å². The SMILES string of the molecule is COc1cc(/C=N\Nc2nc(C)cc(=O)[nH]2)cc([N+](=O)[O-])c1OCc1ccccc1. The van der Waals surface area contributed by atoms with Crippen LogP contribution in [-0.4, -0.2) is 28.2 Å². The molecule has 1 heterocycles. The monoisotopic (exact) mass is 409 g/mol. The molecular formula is C20H19N5O5. The van der Waals surface area contributed by atoms with E-state index in [2.05, 4.69) is 20.5 Å². The van der Waals surface area contributed by atoms with Gasteiger partial charge in [0.1, 0.15) is 6.61 Å². The molecule has 154 valence electrons. The number of rotatable bonds is 8. The maximum atomic E-state index is 11.6. The third-order valence-corrected chi connectivity index (χ3v) is 3.95. The first kappa shape index (κ1) is 20.5. The van der Waals surface area contributed by atoms with Crippen molar-refractivity contribution in [3.05, 3.63) is 85.8 Å². The summed E-state index contributed by atoms with van der Waals surface area (Å²) in [6.07, 6.45) is 1.35. The molecular weight excluding hydrogens is 390 g/mol. The van der Waals surface area contributed by atoms with Crippen molar-refractivity contribution in [3.63, 3.8) is 0 Å². The summed E-state index contributed by atoms with van der Waals surface area (Å²) in [5.74, 6) is 0.380. The zero-order valence-electron chi connectivity index (χ0n) is 16.3. The number of hydrogen-bond donors (Lipinski definition) is 2. The minimum absolute atomic E-state index is 0.0288. The first-order valence-corrected chi connectivity index (χ1v) is 8.86. The highest BCUT2D eigenvalue weighted by molar-refractivity contribution is 5.83. The van der Waals surface area contributed by atoms with E-state index < -0.39 is 4.92 Å². The minimum atomic E-state index is -0.548. The van der Waals surface area contributed by atoms with Gasteiger partial charge in [-0.05, 0) is 18.6 Å². The standard InChI is InChI=1S/C20H19N5O5/c1-13-8-18(26)23-20(22-13)24-21-11-15-9-16(25(27)28)19(17(10-15)29-2)30-12-14-6-4-3-5-7-14/h3-11H,12H2,1-2H3,(H2,22,23,24,26)/b21-11-. The average molecular weight is 409 g/mol. The maximum absolute atomic E-state index is 11.6. The van der Waals surface area contributed by atoms with Gasteiger partial charge in [-0.3, -0.25) is 19.9 Å². The molecule has 0 radical (unpaired) electrons. The lowest BCUT2D eigenvalue weighted by Crippen LogP contribution is -2.10. The van der Waals surface area contributed by atoms with Crippen LogP contribution in [0, 0.1) is 17.0 Å². The zero-order valence-corrected chi connectivity index (χ0v) is 16.3. The van der Waals surface area contributed by atoms with Gasteiger partial charge < -0.3 is 9.47 Å². The molecule has 10 heteroatoms. The van der Waals surface area contributed by atoms with Gasteiger partial charge in [-0.2, -0.15) is 5.10 Å². The second kappa shape index (κ2) is 9.32. The van der Waals surface area contributed by atoms with Crippen LogP contribution in [0.5, 0.6) is 11.5 Å². The van der Waals surface area contributed by atoms with Gasteiger partial charge >= 0.3 is 5.69 Å². The smallest absolute Gasteiger partial charge is 0.315 e. The Hall–Kier alpha value is -4.21. The van der Waals surface area contributed by atoms with Crippen molar-refractivity contribution in [3.8, 4) is 11.5 Å². The Balaban J connectivity index is 1.84. The number of aromatic nitrogens is 2. The summed E-state index contributed by atoms with van der Waals surface area (Å²) in [7, 11) is 1.40. The molecule has 2 aromatic carbocycles. The molecule has 0 unspecified atom stereocenters. The van der Waals surface area contributed by atoms with Crippen LogP contribution < -0.4 is 20.5 Å². The molecule has 0 aliphatic heterocycles. The maximum Gasteiger partial charge on any atom is 0.315 e. The van der Waals surface area contributed by atoms with Crippen molar-refractivity contribution in [2.45, 2.75) is 13.5 Å². The fourth-order valence-electron chi connectivity index (χ4n) is 2.64. The van der Waals surface area contributed by atoms with Crippen LogP contribution in [-0.2, 0) is 6.61 Å². The van der Waals surface area contributed by atoms with Crippen LogP contribution in [0.4, 0.5) is 11.6 Å². The predicted molar refractivity (Wildman–Crippen MR) is 111 cm³/mol. The first-order valence-electron chi connectivity index (χ1n) is 8.86. The third kappa shape index (κ3) is 5.19. The molecule has 0 bridgehead atoms. The van der Waals surface area contributed by atoms with Crippen molar-refractivity contribution in [1.82, 2.24) is 9.97 Å². The number of H-pyrrole nitrogens is 1. The number of nitrogens with one attached hydrogen (secondary N) is 2. The van der Waals surface area contributed by atoms with Crippen molar-refractivity contribution in [2.75, 3.05) is 12.5 Å². The lowest BCUT2D eigenvalue weighted by atomic mass is 10.1. The number of aryl methyl sites for hydroxylation is 1. The van der Waals surface area contributed by atoms with Crippen LogP contribution >= 0.6 is 0 Å². The first-order chi connectivity index (χ1) is 14.5. The Labute approximate surface area is 171 Å². The number of methoxy groups -OCH3 is 1. The Morgan fingerprint density at radius 2 is 2.03 bits per heavy atom. The lowest BCUT2D eigenvalue weighted by molar-refractivity contribution is -0.386. The van der Waals surface area contributed by atoms with Gasteiger partial charge in [0, 0.05) is 23.4 Å². The predicted octanol–water partition coefficient (Wildman–Crippen LogP) is 3.02. The molecule has 0 atom stereocenters. The summed E-state index contributed by atoms with van der Waals surface area (Å²) in [5, 5.41) is 15.6. The zero-order chi connectivity index (χ0) is 21.5. The Morgan fingerprint density at radius 3 is 2.70 bits per heavy atom. The molecule has 2 N–H and O–H groups in total. The van der Waals surface area contributed by atoms with Gasteiger partial charge in [-0.1, -0.05) is 30.3 Å². The number of aromatic amines is 1. The molecule has 0 saturated heterocycles. The summed E-state index contributed by atoms with van der Waals surface area (Å²) in [4.78, 5) is 29.1. The molecule has 0 spiro atoms. The number of nitro groups is 1. The molecule has 0 aliphatic carbocycles. The summed E-state index contributed by atoms with van der Waals surface area (Å²) in [5.41, 5.74) is 3.79. The Bertz CT molecular complexity index is 1130. The quantitative estimate of drug-likeness (QED) is 0.332. The van der Waals surface area contributed by atoms with Gasteiger partial charge in [0.25, 0.3) is 5.56 Å². The third-order valence-electron chi connectivity index (χ3n) is 3.95. The number of hydrogen-bond acceptors (Lipinski definition) is 8. The van der Waals surface area contributed by atoms with Crippen LogP contribution in [0.1, 0.15) is 16.8 Å². The normalized spacial score (nSPS) is 10.7. The highest BCUT2D eigenvalue weighted by Gasteiger charge is 2.22. The van der Waals surface area contributed by atoms with Crippen LogP contribution in [0.25, 0.3) is 0 Å². The van der Waals surface area contributed by atoms with Crippen LogP contribution in [0.15, 0.2) is 58.4 Å². The molecule has 3 aromatic rings. The Morgan fingerprint density at radius 1 is 1.27 bits per heavy atom. The molecule has 3 rings (SSSR count). The number of anilines is 1. The molecule has 0 amide bonds.